The molecule has 2 aromatic carbocycles. The first-order valence-corrected chi connectivity index (χ1v) is 10.3. The summed E-state index contributed by atoms with van der Waals surface area (Å²) in [5.74, 6) is 1.58. The fourth-order valence-electron chi connectivity index (χ4n) is 3.00. The molecule has 138 valence electrons. The maximum atomic E-state index is 12.7. The Labute approximate surface area is 163 Å². The lowest BCUT2D eigenvalue weighted by Gasteiger charge is -2.22. The van der Waals surface area contributed by atoms with Crippen molar-refractivity contribution in [2.45, 2.75) is 18.6 Å². The molecule has 0 aliphatic carbocycles. The highest BCUT2D eigenvalue weighted by atomic mass is 35.5. The van der Waals surface area contributed by atoms with Crippen molar-refractivity contribution in [1.82, 2.24) is 4.90 Å². The summed E-state index contributed by atoms with van der Waals surface area (Å²) in [4.78, 5) is 14.6. The third-order valence-corrected chi connectivity index (χ3v) is 5.96. The molecule has 1 aliphatic rings. The number of para-hydroxylation sites is 2. The predicted molar refractivity (Wildman–Crippen MR) is 109 cm³/mol. The Morgan fingerprint density at radius 3 is 2.81 bits per heavy atom. The molecule has 1 atom stereocenters. The van der Waals surface area contributed by atoms with Gasteiger partial charge in [0.15, 0.2) is 0 Å². The van der Waals surface area contributed by atoms with Crippen LogP contribution in [0.25, 0.3) is 0 Å². The Balaban J connectivity index is 1.64. The van der Waals surface area contributed by atoms with E-state index in [1.54, 1.807) is 0 Å². The molecule has 1 unspecified atom stereocenters. The van der Waals surface area contributed by atoms with E-state index in [1.807, 2.05) is 66.1 Å². The fraction of sp³-hybridized carbons (Fsp3) is 0.350. The monoisotopic (exact) mass is 390 g/mol. The molecule has 6 heteroatoms. The molecule has 2 amide bonds. The fourth-order valence-corrected chi connectivity index (χ4v) is 4.60. The van der Waals surface area contributed by atoms with Crippen molar-refractivity contribution in [3.8, 4) is 5.75 Å². The van der Waals surface area contributed by atoms with Crippen LogP contribution in [0.2, 0.25) is 5.02 Å². The quantitative estimate of drug-likeness (QED) is 0.754. The second kappa shape index (κ2) is 9.19. The summed E-state index contributed by atoms with van der Waals surface area (Å²) in [5, 5.41) is 4.10. The number of anilines is 1. The van der Waals surface area contributed by atoms with Crippen LogP contribution in [0.4, 0.5) is 10.5 Å². The Morgan fingerprint density at radius 2 is 2.00 bits per heavy atom. The van der Waals surface area contributed by atoms with Crippen LogP contribution in [0.3, 0.4) is 0 Å². The van der Waals surface area contributed by atoms with Crippen LogP contribution >= 0.6 is 23.4 Å². The lowest BCUT2D eigenvalue weighted by atomic mass is 10.1. The molecule has 0 bridgehead atoms. The van der Waals surface area contributed by atoms with E-state index >= 15 is 0 Å². The molecule has 4 nitrogen and oxygen atoms in total. The third-order valence-electron chi connectivity index (χ3n) is 4.31. The molecular formula is C20H23ClN2O2S. The minimum atomic E-state index is -0.0856. The van der Waals surface area contributed by atoms with Gasteiger partial charge >= 0.3 is 6.03 Å². The number of carbonyl (C=O) groups excluding carboxylic acids is 1. The minimum Gasteiger partial charge on any atom is -0.492 e. The van der Waals surface area contributed by atoms with E-state index in [-0.39, 0.29) is 6.03 Å². The number of carbonyl (C=O) groups is 1. The van der Waals surface area contributed by atoms with Crippen LogP contribution in [0.15, 0.2) is 48.5 Å². The van der Waals surface area contributed by atoms with Gasteiger partial charge in [0.25, 0.3) is 0 Å². The van der Waals surface area contributed by atoms with Crippen LogP contribution < -0.4 is 10.1 Å². The Kier molecular flexibility index (Phi) is 6.69. The van der Waals surface area contributed by atoms with Gasteiger partial charge in [-0.3, -0.25) is 0 Å². The SMILES string of the molecule is CCOc1ccccc1NC(=O)N1CCSC(c2ccccc2Cl)CC1. The standard InChI is InChI=1S/C20H23ClN2O2S/c1-2-25-18-10-6-5-9-17(18)22-20(24)23-12-11-19(26-14-13-23)15-7-3-4-8-16(15)21/h3-10,19H,2,11-14H2,1H3,(H,22,24). The number of halogens is 1. The summed E-state index contributed by atoms with van der Waals surface area (Å²) in [7, 11) is 0. The number of nitrogens with zero attached hydrogens (tertiary/aromatic N) is 1. The number of thioether (sulfide) groups is 1. The molecule has 3 rings (SSSR count). The first-order chi connectivity index (χ1) is 12.7. The number of hydrogen-bond acceptors (Lipinski definition) is 3. The second-order valence-corrected chi connectivity index (χ2v) is 7.73. The summed E-state index contributed by atoms with van der Waals surface area (Å²) in [6.45, 7) is 3.91. The van der Waals surface area contributed by atoms with E-state index in [4.69, 9.17) is 16.3 Å². The molecule has 0 saturated carbocycles. The van der Waals surface area contributed by atoms with Crippen molar-refractivity contribution in [3.05, 3.63) is 59.1 Å². The molecule has 2 aromatic rings. The molecule has 0 spiro atoms. The van der Waals surface area contributed by atoms with Crippen molar-refractivity contribution in [2.24, 2.45) is 0 Å². The van der Waals surface area contributed by atoms with E-state index in [2.05, 4.69) is 11.4 Å². The first kappa shape index (κ1) is 18.9. The zero-order valence-electron chi connectivity index (χ0n) is 14.8. The smallest absolute Gasteiger partial charge is 0.321 e. The number of amides is 2. The Bertz CT molecular complexity index is 756. The molecule has 26 heavy (non-hydrogen) atoms. The third kappa shape index (κ3) is 4.65. The predicted octanol–water partition coefficient (Wildman–Crippen LogP) is 5.45. The minimum absolute atomic E-state index is 0.0856. The number of nitrogens with one attached hydrogen (secondary N) is 1. The molecule has 1 fully saturated rings. The van der Waals surface area contributed by atoms with E-state index in [0.29, 0.717) is 36.4 Å². The average Bonchev–Trinajstić information content (AvgIpc) is 2.90. The molecule has 1 aliphatic heterocycles. The Hall–Kier alpha value is -1.85. The van der Waals surface area contributed by atoms with Crippen LogP contribution in [0.5, 0.6) is 5.75 Å². The molecule has 1 saturated heterocycles. The van der Waals surface area contributed by atoms with E-state index < -0.39 is 0 Å². The lowest BCUT2D eigenvalue weighted by Crippen LogP contribution is -2.36. The van der Waals surface area contributed by atoms with E-state index in [0.717, 1.165) is 22.8 Å². The van der Waals surface area contributed by atoms with Gasteiger partial charge in [-0.2, -0.15) is 11.8 Å². The molecular weight excluding hydrogens is 368 g/mol. The molecule has 1 heterocycles. The van der Waals surface area contributed by atoms with Crippen LogP contribution in [0.1, 0.15) is 24.2 Å². The van der Waals surface area contributed by atoms with E-state index in [1.165, 1.54) is 0 Å². The second-order valence-electron chi connectivity index (χ2n) is 6.02. The van der Waals surface area contributed by atoms with Crippen molar-refractivity contribution in [2.75, 3.05) is 30.8 Å². The number of rotatable bonds is 4. The van der Waals surface area contributed by atoms with Gasteiger partial charge in [0.1, 0.15) is 5.75 Å². The number of urea groups is 1. The van der Waals surface area contributed by atoms with Gasteiger partial charge in [-0.1, -0.05) is 41.9 Å². The largest absolute Gasteiger partial charge is 0.492 e. The number of benzene rings is 2. The molecule has 0 aromatic heterocycles. The van der Waals surface area contributed by atoms with Crippen molar-refractivity contribution < 1.29 is 9.53 Å². The van der Waals surface area contributed by atoms with E-state index in [9.17, 15) is 4.79 Å². The maximum absolute atomic E-state index is 12.7. The molecule has 0 radical (unpaired) electrons. The summed E-state index contributed by atoms with van der Waals surface area (Å²) in [6, 6.07) is 15.4. The number of ether oxygens (including phenoxy) is 1. The molecule has 1 N–H and O–H groups in total. The average molecular weight is 391 g/mol. The van der Waals surface area contributed by atoms with Gasteiger partial charge < -0.3 is 15.0 Å². The van der Waals surface area contributed by atoms with Gasteiger partial charge in [-0.15, -0.1) is 0 Å². The Morgan fingerprint density at radius 1 is 1.23 bits per heavy atom. The van der Waals surface area contributed by atoms with Crippen LogP contribution in [-0.2, 0) is 0 Å². The van der Waals surface area contributed by atoms with Gasteiger partial charge in [-0.25, -0.2) is 4.79 Å². The van der Waals surface area contributed by atoms with Crippen LogP contribution in [0, 0.1) is 0 Å². The van der Waals surface area contributed by atoms with Crippen molar-refractivity contribution >= 4 is 35.1 Å². The van der Waals surface area contributed by atoms with Crippen molar-refractivity contribution in [1.29, 1.82) is 0 Å². The van der Waals surface area contributed by atoms with Crippen LogP contribution in [-0.4, -0.2) is 36.4 Å². The van der Waals surface area contributed by atoms with Crippen molar-refractivity contribution in [3.63, 3.8) is 0 Å². The topological polar surface area (TPSA) is 41.6 Å². The van der Waals surface area contributed by atoms with Gasteiger partial charge in [0, 0.05) is 29.1 Å². The summed E-state index contributed by atoms with van der Waals surface area (Å²) in [6.07, 6.45) is 0.884. The van der Waals surface area contributed by atoms with Gasteiger partial charge in [0.2, 0.25) is 0 Å². The summed E-state index contributed by atoms with van der Waals surface area (Å²) >= 11 is 8.20. The summed E-state index contributed by atoms with van der Waals surface area (Å²) < 4.78 is 5.59. The normalized spacial score (nSPS) is 17.5. The highest BCUT2D eigenvalue weighted by molar-refractivity contribution is 7.99. The zero-order chi connectivity index (χ0) is 18.4. The summed E-state index contributed by atoms with van der Waals surface area (Å²) in [5.41, 5.74) is 1.86. The van der Waals surface area contributed by atoms with Gasteiger partial charge in [-0.05, 0) is 37.1 Å². The van der Waals surface area contributed by atoms with Gasteiger partial charge in [0.05, 0.1) is 12.3 Å². The number of hydrogen-bond donors (Lipinski definition) is 1. The zero-order valence-corrected chi connectivity index (χ0v) is 16.4. The lowest BCUT2D eigenvalue weighted by molar-refractivity contribution is 0.215. The maximum Gasteiger partial charge on any atom is 0.321 e. The highest BCUT2D eigenvalue weighted by Crippen LogP contribution is 2.38. The highest BCUT2D eigenvalue weighted by Gasteiger charge is 2.23. The first-order valence-electron chi connectivity index (χ1n) is 8.83.